The number of hydrogen-bond acceptors (Lipinski definition) is 8. The molecule has 0 spiro atoms. The van der Waals surface area contributed by atoms with Crippen LogP contribution in [0.5, 0.6) is 11.6 Å². The van der Waals surface area contributed by atoms with Crippen molar-refractivity contribution in [3.05, 3.63) is 42.8 Å². The van der Waals surface area contributed by atoms with Crippen LogP contribution in [0.15, 0.2) is 47.2 Å². The Hall–Kier alpha value is -3.36. The van der Waals surface area contributed by atoms with E-state index in [0.717, 1.165) is 5.56 Å². The van der Waals surface area contributed by atoms with Crippen LogP contribution in [0.1, 0.15) is 0 Å². The predicted molar refractivity (Wildman–Crippen MR) is 68.4 cm³/mol. The van der Waals surface area contributed by atoms with E-state index in [4.69, 9.17) is 9.15 Å². The highest BCUT2D eigenvalue weighted by Crippen LogP contribution is 2.25. The van der Waals surface area contributed by atoms with Crippen molar-refractivity contribution < 1.29 is 9.15 Å². The third-order valence-electron chi connectivity index (χ3n) is 2.71. The quantitative estimate of drug-likeness (QED) is 0.554. The number of rotatable bonds is 3. The van der Waals surface area contributed by atoms with Gasteiger partial charge in [-0.1, -0.05) is 6.07 Å². The van der Waals surface area contributed by atoms with Crippen molar-refractivity contribution in [2.45, 2.75) is 0 Å². The third-order valence-corrected chi connectivity index (χ3v) is 2.71. The standard InChI is InChI=1S/C12H7N7O2/c1-2-8(12-15-13-7-20-12)6-9(3-1)21-11-5-4-10-14-17-18-19(10)16-11/h1-7H. The Balaban J connectivity index is 1.66. The van der Waals surface area contributed by atoms with E-state index in [0.29, 0.717) is 23.2 Å². The summed E-state index contributed by atoms with van der Waals surface area (Å²) in [6.45, 7) is 0. The molecule has 0 aliphatic heterocycles. The van der Waals surface area contributed by atoms with Crippen LogP contribution in [0.3, 0.4) is 0 Å². The van der Waals surface area contributed by atoms with Gasteiger partial charge >= 0.3 is 0 Å². The molecule has 3 aromatic heterocycles. The van der Waals surface area contributed by atoms with E-state index in [1.54, 1.807) is 24.3 Å². The summed E-state index contributed by atoms with van der Waals surface area (Å²) < 4.78 is 12.1. The van der Waals surface area contributed by atoms with Crippen molar-refractivity contribution in [1.29, 1.82) is 0 Å². The molecule has 9 nitrogen and oxygen atoms in total. The van der Waals surface area contributed by atoms with Gasteiger partial charge in [0.05, 0.1) is 0 Å². The number of aromatic nitrogens is 7. The zero-order chi connectivity index (χ0) is 14.1. The highest BCUT2D eigenvalue weighted by atomic mass is 16.5. The molecule has 0 fully saturated rings. The molecule has 3 heterocycles. The number of nitrogens with zero attached hydrogens (tertiary/aromatic N) is 7. The van der Waals surface area contributed by atoms with Crippen LogP contribution in [0.25, 0.3) is 17.1 Å². The SMILES string of the molecule is c1cc(Oc2ccc3nnnn3n2)cc(-c2nnco2)c1. The van der Waals surface area contributed by atoms with Gasteiger partial charge in [0.15, 0.2) is 5.65 Å². The van der Waals surface area contributed by atoms with Gasteiger partial charge in [0.25, 0.3) is 0 Å². The van der Waals surface area contributed by atoms with Gasteiger partial charge in [-0.05, 0) is 34.7 Å². The highest BCUT2D eigenvalue weighted by Gasteiger charge is 2.07. The molecule has 0 bridgehead atoms. The Bertz CT molecular complexity index is 887. The summed E-state index contributed by atoms with van der Waals surface area (Å²) >= 11 is 0. The van der Waals surface area contributed by atoms with E-state index in [2.05, 4.69) is 30.8 Å². The molecule has 4 aromatic rings. The van der Waals surface area contributed by atoms with Gasteiger partial charge in [-0.2, -0.15) is 0 Å². The molecule has 4 rings (SSSR count). The van der Waals surface area contributed by atoms with Crippen molar-refractivity contribution >= 4 is 5.65 Å². The first-order valence-corrected chi connectivity index (χ1v) is 5.98. The lowest BCUT2D eigenvalue weighted by Gasteiger charge is -2.04. The molecular weight excluding hydrogens is 274 g/mol. The van der Waals surface area contributed by atoms with E-state index < -0.39 is 0 Å². The molecule has 0 aliphatic rings. The summed E-state index contributed by atoms with van der Waals surface area (Å²) in [5.74, 6) is 1.38. The summed E-state index contributed by atoms with van der Waals surface area (Å²) in [6, 6.07) is 10.6. The number of ether oxygens (including phenoxy) is 1. The van der Waals surface area contributed by atoms with E-state index in [1.807, 2.05) is 12.1 Å². The van der Waals surface area contributed by atoms with Crippen LogP contribution in [-0.2, 0) is 0 Å². The fourth-order valence-electron chi connectivity index (χ4n) is 1.80. The Labute approximate surface area is 117 Å². The Morgan fingerprint density at radius 2 is 2.10 bits per heavy atom. The first-order chi connectivity index (χ1) is 10.4. The van der Waals surface area contributed by atoms with Crippen LogP contribution >= 0.6 is 0 Å². The Kier molecular flexibility index (Phi) is 2.53. The van der Waals surface area contributed by atoms with Gasteiger partial charge < -0.3 is 9.15 Å². The fourth-order valence-corrected chi connectivity index (χ4v) is 1.80. The van der Waals surface area contributed by atoms with Gasteiger partial charge in [0.1, 0.15) is 5.75 Å². The second kappa shape index (κ2) is 4.63. The van der Waals surface area contributed by atoms with Gasteiger partial charge in [-0.25, -0.2) is 0 Å². The molecule has 102 valence electrons. The topological polar surface area (TPSA) is 104 Å². The van der Waals surface area contributed by atoms with Gasteiger partial charge in [-0.3, -0.25) is 0 Å². The average molecular weight is 281 g/mol. The zero-order valence-corrected chi connectivity index (χ0v) is 10.5. The third kappa shape index (κ3) is 2.16. The normalized spacial score (nSPS) is 10.9. The van der Waals surface area contributed by atoms with Crippen molar-refractivity contribution in [3.63, 3.8) is 0 Å². The van der Waals surface area contributed by atoms with E-state index in [-0.39, 0.29) is 0 Å². The van der Waals surface area contributed by atoms with Gasteiger partial charge in [0, 0.05) is 11.6 Å². The van der Waals surface area contributed by atoms with Gasteiger partial charge in [-0.15, -0.1) is 25.0 Å². The number of tetrazole rings is 1. The monoisotopic (exact) mass is 281 g/mol. The van der Waals surface area contributed by atoms with Crippen LogP contribution < -0.4 is 4.74 Å². The van der Waals surface area contributed by atoms with Crippen LogP contribution in [0, 0.1) is 0 Å². The van der Waals surface area contributed by atoms with E-state index >= 15 is 0 Å². The summed E-state index contributed by atoms with van der Waals surface area (Å²) in [7, 11) is 0. The minimum absolute atomic E-state index is 0.373. The Morgan fingerprint density at radius 3 is 3.00 bits per heavy atom. The molecule has 0 unspecified atom stereocenters. The van der Waals surface area contributed by atoms with Crippen molar-refractivity contribution in [2.24, 2.45) is 0 Å². The minimum Gasteiger partial charge on any atom is -0.437 e. The van der Waals surface area contributed by atoms with Crippen molar-refractivity contribution in [3.8, 4) is 23.1 Å². The molecule has 9 heteroatoms. The number of hydrogen-bond donors (Lipinski definition) is 0. The lowest BCUT2D eigenvalue weighted by Crippen LogP contribution is -1.97. The average Bonchev–Trinajstić information content (AvgIpc) is 3.18. The molecule has 21 heavy (non-hydrogen) atoms. The van der Waals surface area contributed by atoms with Crippen LogP contribution in [0.2, 0.25) is 0 Å². The van der Waals surface area contributed by atoms with E-state index in [1.165, 1.54) is 11.0 Å². The molecular formula is C12H7N7O2. The maximum Gasteiger partial charge on any atom is 0.247 e. The van der Waals surface area contributed by atoms with Gasteiger partial charge in [0.2, 0.25) is 18.2 Å². The molecule has 0 amide bonds. The summed E-state index contributed by atoms with van der Waals surface area (Å²) in [6.07, 6.45) is 1.27. The lowest BCUT2D eigenvalue weighted by atomic mass is 10.2. The number of fused-ring (bicyclic) bond motifs is 1. The summed E-state index contributed by atoms with van der Waals surface area (Å²) in [4.78, 5) is 0. The van der Waals surface area contributed by atoms with Crippen LogP contribution in [0.4, 0.5) is 0 Å². The highest BCUT2D eigenvalue weighted by molar-refractivity contribution is 5.55. The molecule has 0 atom stereocenters. The second-order valence-electron chi connectivity index (χ2n) is 4.07. The van der Waals surface area contributed by atoms with Crippen LogP contribution in [-0.4, -0.2) is 35.5 Å². The summed E-state index contributed by atoms with van der Waals surface area (Å²) in [5.41, 5.74) is 1.30. The lowest BCUT2D eigenvalue weighted by molar-refractivity contribution is 0.447. The molecule has 1 aromatic carbocycles. The van der Waals surface area contributed by atoms with Crippen molar-refractivity contribution in [1.82, 2.24) is 35.5 Å². The Morgan fingerprint density at radius 1 is 1.10 bits per heavy atom. The maximum absolute atomic E-state index is 5.68. The van der Waals surface area contributed by atoms with Crippen molar-refractivity contribution in [2.75, 3.05) is 0 Å². The van der Waals surface area contributed by atoms with E-state index in [9.17, 15) is 0 Å². The molecule has 0 saturated carbocycles. The molecule has 0 aliphatic carbocycles. The largest absolute Gasteiger partial charge is 0.437 e. The fraction of sp³-hybridized carbons (Fsp3) is 0. The molecule has 0 N–H and O–H groups in total. The minimum atomic E-state index is 0.373. The number of benzene rings is 1. The molecule has 0 saturated heterocycles. The maximum atomic E-state index is 5.68. The second-order valence-corrected chi connectivity index (χ2v) is 4.07. The summed E-state index contributed by atoms with van der Waals surface area (Å²) in [5, 5.41) is 22.6. The molecule has 0 radical (unpaired) electrons. The smallest absolute Gasteiger partial charge is 0.247 e. The zero-order valence-electron chi connectivity index (χ0n) is 10.5. The predicted octanol–water partition coefficient (Wildman–Crippen LogP) is 1.36. The first-order valence-electron chi connectivity index (χ1n) is 5.98. The first kappa shape index (κ1) is 11.5.